The molecule has 1 aromatic heterocycles. The molecule has 0 aliphatic heterocycles. The predicted molar refractivity (Wildman–Crippen MR) is 69.8 cm³/mol. The Labute approximate surface area is 117 Å². The summed E-state index contributed by atoms with van der Waals surface area (Å²) < 4.78 is 3.42. The number of halogens is 1. The first-order valence-electron chi connectivity index (χ1n) is 5.25. The topological polar surface area (TPSA) is 88.1 Å². The molecule has 7 heteroatoms. The molecule has 1 aromatic carbocycles. The Hall–Kier alpha value is -2.46. The van der Waals surface area contributed by atoms with Crippen molar-refractivity contribution in [2.45, 2.75) is 0 Å². The molecule has 0 radical (unpaired) electrons. The van der Waals surface area contributed by atoms with Crippen LogP contribution < -0.4 is 15.9 Å². The molecule has 0 aliphatic carbocycles. The number of rotatable bonds is 1. The normalized spacial score (nSPS) is 11.1. The number of amides is 2. The number of primary amides is 1. The first-order valence-corrected chi connectivity index (χ1v) is 6.04. The van der Waals surface area contributed by atoms with Gasteiger partial charge in [-0.15, -0.1) is 4.57 Å². The van der Waals surface area contributed by atoms with E-state index < -0.39 is 6.03 Å². The maximum Gasteiger partial charge on any atom is 0.423 e. The van der Waals surface area contributed by atoms with E-state index in [1.54, 1.807) is 10.8 Å². The smallest absolute Gasteiger partial charge is 0.335 e. The Morgan fingerprint density at radius 3 is 2.68 bits per heavy atom. The highest BCUT2D eigenvalue weighted by atomic mass is 79.9. The van der Waals surface area contributed by atoms with Crippen LogP contribution in [0.4, 0.5) is 4.79 Å². The zero-order valence-corrected chi connectivity index (χ0v) is 11.3. The Kier molecular flexibility index (Phi) is 3.73. The molecular weight excluding hydrogens is 310 g/mol. The maximum atomic E-state index is 11.0. The second-order valence-electron chi connectivity index (χ2n) is 3.57. The van der Waals surface area contributed by atoms with Gasteiger partial charge in [-0.25, -0.2) is 4.79 Å². The average molecular weight is 319 g/mol. The van der Waals surface area contributed by atoms with Gasteiger partial charge < -0.3 is 5.73 Å². The van der Waals surface area contributed by atoms with Gasteiger partial charge >= 0.3 is 11.6 Å². The summed E-state index contributed by atoms with van der Waals surface area (Å²) in [4.78, 5) is 14.7. The van der Waals surface area contributed by atoms with Crippen LogP contribution in [0.15, 0.2) is 52.2 Å². The number of aromatic nitrogens is 2. The average Bonchev–Trinajstić information content (AvgIpc) is 2.40. The minimum absolute atomic E-state index is 0.129. The van der Waals surface area contributed by atoms with Crippen molar-refractivity contribution in [1.82, 2.24) is 4.57 Å². The van der Waals surface area contributed by atoms with Crippen molar-refractivity contribution in [3.63, 3.8) is 0 Å². The molecule has 0 bridgehead atoms. The summed E-state index contributed by atoms with van der Waals surface area (Å²) in [6.45, 7) is 0. The van der Waals surface area contributed by atoms with E-state index >= 15 is 0 Å². The van der Waals surface area contributed by atoms with Gasteiger partial charge in [0.1, 0.15) is 5.69 Å². The number of hydrogen-bond donors (Lipinski definition) is 1. The molecule has 2 N–H and O–H groups in total. The number of nitrogens with zero attached hydrogens (tertiary/aromatic N) is 4. The van der Waals surface area contributed by atoms with Crippen LogP contribution in [-0.2, 0) is 0 Å². The molecule has 19 heavy (non-hydrogen) atoms. The molecule has 0 saturated heterocycles. The summed E-state index contributed by atoms with van der Waals surface area (Å²) in [5.74, 6) is 0. The van der Waals surface area contributed by atoms with E-state index in [0.29, 0.717) is 4.47 Å². The molecule has 0 unspecified atom stereocenters. The van der Waals surface area contributed by atoms with Gasteiger partial charge in [0.25, 0.3) is 6.19 Å². The number of hydrogen-bond acceptors (Lipinski definition) is 2. The van der Waals surface area contributed by atoms with E-state index in [-0.39, 0.29) is 5.62 Å². The minimum Gasteiger partial charge on any atom is -0.335 e. The number of carbonyl (C=O) groups is 1. The first kappa shape index (κ1) is 13.0. The van der Waals surface area contributed by atoms with Gasteiger partial charge in [0.2, 0.25) is 0 Å². The van der Waals surface area contributed by atoms with Gasteiger partial charge in [0.15, 0.2) is 0 Å². The molecule has 2 amide bonds. The Morgan fingerprint density at radius 1 is 1.42 bits per heavy atom. The van der Waals surface area contributed by atoms with E-state index in [1.165, 1.54) is 6.20 Å². The van der Waals surface area contributed by atoms with Crippen LogP contribution in [0, 0.1) is 11.5 Å². The lowest BCUT2D eigenvalue weighted by molar-refractivity contribution is -0.619. The molecular formula is C12H9BrN5O+. The standard InChI is InChI=1S/C12H8BrN5O/c13-9-6-17(8-14)12(16-11(15)19)18(7-9)10-4-2-1-3-5-10/h1-7H,(H-,15,19)/p+1/b16-12+. The third-order valence-electron chi connectivity index (χ3n) is 2.29. The van der Waals surface area contributed by atoms with Crippen molar-refractivity contribution in [2.24, 2.45) is 10.7 Å². The van der Waals surface area contributed by atoms with E-state index in [4.69, 9.17) is 11.0 Å². The molecule has 2 aromatic rings. The molecule has 6 nitrogen and oxygen atoms in total. The van der Waals surface area contributed by atoms with Crippen LogP contribution in [0.3, 0.4) is 0 Å². The largest absolute Gasteiger partial charge is 0.423 e. The highest BCUT2D eigenvalue weighted by molar-refractivity contribution is 9.10. The number of nitriles is 1. The molecule has 0 atom stereocenters. The van der Waals surface area contributed by atoms with E-state index in [9.17, 15) is 4.79 Å². The minimum atomic E-state index is -0.865. The lowest BCUT2D eigenvalue weighted by Crippen LogP contribution is -2.53. The van der Waals surface area contributed by atoms with E-state index in [2.05, 4.69) is 20.9 Å². The maximum absolute atomic E-state index is 11.0. The summed E-state index contributed by atoms with van der Waals surface area (Å²) in [5, 5.41) is 9.09. The van der Waals surface area contributed by atoms with Gasteiger partial charge in [0, 0.05) is 0 Å². The highest BCUT2D eigenvalue weighted by Gasteiger charge is 2.14. The molecule has 0 fully saturated rings. The summed E-state index contributed by atoms with van der Waals surface area (Å²) in [7, 11) is 0. The Bertz CT molecular complexity index is 730. The zero-order chi connectivity index (χ0) is 13.8. The first-order chi connectivity index (χ1) is 9.11. The summed E-state index contributed by atoms with van der Waals surface area (Å²) in [6, 6.07) is 8.34. The predicted octanol–water partition coefficient (Wildman–Crippen LogP) is 0.836. The van der Waals surface area contributed by atoms with E-state index in [0.717, 1.165) is 10.3 Å². The van der Waals surface area contributed by atoms with Crippen molar-refractivity contribution in [3.8, 4) is 11.9 Å². The van der Waals surface area contributed by atoms with E-state index in [1.807, 2.05) is 36.5 Å². The van der Waals surface area contributed by atoms with Gasteiger partial charge in [-0.1, -0.05) is 18.2 Å². The summed E-state index contributed by atoms with van der Waals surface area (Å²) in [6.07, 6.45) is 5.12. The van der Waals surface area contributed by atoms with Gasteiger partial charge in [-0.3, -0.25) is 0 Å². The highest BCUT2D eigenvalue weighted by Crippen LogP contribution is 2.04. The molecule has 0 aliphatic rings. The monoisotopic (exact) mass is 318 g/mol. The lowest BCUT2D eigenvalue weighted by atomic mass is 10.3. The van der Waals surface area contributed by atoms with Crippen molar-refractivity contribution in [2.75, 3.05) is 0 Å². The quantitative estimate of drug-likeness (QED) is 0.789. The number of nitrogens with two attached hydrogens (primary N) is 1. The fourth-order valence-corrected chi connectivity index (χ4v) is 1.98. The Balaban J connectivity index is 2.84. The Morgan fingerprint density at radius 2 is 2.11 bits per heavy atom. The van der Waals surface area contributed by atoms with Crippen molar-refractivity contribution in [1.29, 1.82) is 5.26 Å². The molecule has 2 rings (SSSR count). The number of urea groups is 1. The second kappa shape index (κ2) is 5.46. The fraction of sp³-hybridized carbons (Fsp3) is 0. The number of carbonyl (C=O) groups excluding carboxylic acids is 1. The molecule has 0 spiro atoms. The zero-order valence-electron chi connectivity index (χ0n) is 9.69. The van der Waals surface area contributed by atoms with Crippen LogP contribution >= 0.6 is 15.9 Å². The second-order valence-corrected chi connectivity index (χ2v) is 4.48. The summed E-state index contributed by atoms with van der Waals surface area (Å²) in [5.41, 5.74) is 5.97. The number of benzene rings is 1. The third kappa shape index (κ3) is 2.86. The number of para-hydroxylation sites is 1. The van der Waals surface area contributed by atoms with Crippen LogP contribution in [0.25, 0.3) is 5.69 Å². The van der Waals surface area contributed by atoms with Crippen LogP contribution in [0.2, 0.25) is 0 Å². The molecule has 1 heterocycles. The fourth-order valence-electron chi connectivity index (χ4n) is 1.57. The van der Waals surface area contributed by atoms with Crippen LogP contribution in [0.5, 0.6) is 0 Å². The third-order valence-corrected chi connectivity index (χ3v) is 2.70. The van der Waals surface area contributed by atoms with Crippen molar-refractivity contribution < 1.29 is 9.36 Å². The lowest BCUT2D eigenvalue weighted by Gasteiger charge is -2.02. The van der Waals surface area contributed by atoms with Gasteiger partial charge in [0.05, 0.1) is 16.9 Å². The molecule has 94 valence electrons. The van der Waals surface area contributed by atoms with Gasteiger partial charge in [-0.2, -0.15) is 9.83 Å². The summed E-state index contributed by atoms with van der Waals surface area (Å²) >= 11 is 3.30. The van der Waals surface area contributed by atoms with Crippen LogP contribution in [0.1, 0.15) is 0 Å². The van der Waals surface area contributed by atoms with Gasteiger partial charge in [-0.05, 0) is 33.1 Å². The van der Waals surface area contributed by atoms with Crippen molar-refractivity contribution in [3.05, 3.63) is 52.8 Å². The van der Waals surface area contributed by atoms with Crippen molar-refractivity contribution >= 4 is 22.0 Å². The SMILES string of the molecule is N#Cn1cc(Br)c[n+](-c2ccccc2)/c1=N/C(N)=O. The molecule has 0 saturated carbocycles. The van der Waals surface area contributed by atoms with Crippen LogP contribution in [-0.4, -0.2) is 10.6 Å².